The number of hydrogen-bond acceptors (Lipinski definition) is 3. The number of nitrogens with zero attached hydrogens (tertiary/aromatic N) is 1. The molecule has 0 saturated carbocycles. The highest BCUT2D eigenvalue weighted by molar-refractivity contribution is 6.14. The minimum atomic E-state index is -0.329. The summed E-state index contributed by atoms with van der Waals surface area (Å²) in [4.78, 5) is 28.5. The van der Waals surface area contributed by atoms with E-state index in [0.717, 1.165) is 17.0 Å². The van der Waals surface area contributed by atoms with E-state index in [9.17, 15) is 9.59 Å². The molecule has 1 N–H and O–H groups in total. The molecule has 2 aliphatic rings. The molecule has 0 radical (unpaired) electrons. The molecule has 0 spiro atoms. The molecule has 3 rings (SSSR count). The quantitative estimate of drug-likeness (QED) is 0.904. The van der Waals surface area contributed by atoms with Gasteiger partial charge in [0, 0.05) is 23.3 Å². The van der Waals surface area contributed by atoms with Gasteiger partial charge in [-0.2, -0.15) is 0 Å². The van der Waals surface area contributed by atoms with Gasteiger partial charge in [0.2, 0.25) is 5.91 Å². The Morgan fingerprint density at radius 1 is 1.23 bits per heavy atom. The highest BCUT2D eigenvalue weighted by atomic mass is 16.5. The fraction of sp³-hybridized carbons (Fsp3) is 0.286. The first kappa shape index (κ1) is 17.9. The summed E-state index contributed by atoms with van der Waals surface area (Å²) in [5, 5.41) is 2.85. The first-order valence-corrected chi connectivity index (χ1v) is 8.76. The fourth-order valence-electron chi connectivity index (χ4n) is 3.06. The molecule has 1 atom stereocenters. The van der Waals surface area contributed by atoms with Crippen LogP contribution < -0.4 is 10.1 Å². The highest BCUT2D eigenvalue weighted by Crippen LogP contribution is 2.31. The van der Waals surface area contributed by atoms with E-state index in [4.69, 9.17) is 4.74 Å². The standard InChI is InChI=1S/C21H22N2O3/c1-4-26-16-8-5-14(6-9-16)21(25)22-15-7-10-17-18(13(2)3)12-20(24)23-19(17)11-15/h5-13,17H,4H2,1-3H3,(H,23,24). The summed E-state index contributed by atoms with van der Waals surface area (Å²) in [7, 11) is 0. The minimum Gasteiger partial charge on any atom is -0.494 e. The summed E-state index contributed by atoms with van der Waals surface area (Å²) in [5.74, 6) is 0.556. The van der Waals surface area contributed by atoms with E-state index in [1.165, 1.54) is 0 Å². The van der Waals surface area contributed by atoms with E-state index >= 15 is 0 Å². The van der Waals surface area contributed by atoms with Crippen molar-refractivity contribution in [1.29, 1.82) is 0 Å². The third-order valence-electron chi connectivity index (χ3n) is 4.33. The van der Waals surface area contributed by atoms with Gasteiger partial charge in [0.25, 0.3) is 5.91 Å². The van der Waals surface area contributed by atoms with Crippen LogP contribution in [-0.4, -0.2) is 24.1 Å². The van der Waals surface area contributed by atoms with E-state index in [1.54, 1.807) is 36.4 Å². The first-order valence-electron chi connectivity index (χ1n) is 8.76. The van der Waals surface area contributed by atoms with Gasteiger partial charge in [0.05, 0.1) is 12.3 Å². The molecule has 1 aromatic rings. The smallest absolute Gasteiger partial charge is 0.277 e. The molecule has 1 heterocycles. The van der Waals surface area contributed by atoms with Gasteiger partial charge < -0.3 is 10.1 Å². The second-order valence-corrected chi connectivity index (χ2v) is 6.52. The highest BCUT2D eigenvalue weighted by Gasteiger charge is 2.27. The SMILES string of the molecule is CCOc1ccc(C(=O)N=C2C=CC3C(=C2)NC(=O)C=C3C(C)C)cc1. The molecule has 5 heteroatoms. The van der Waals surface area contributed by atoms with E-state index in [1.807, 2.05) is 19.1 Å². The average molecular weight is 350 g/mol. The normalized spacial score (nSPS) is 20.4. The summed E-state index contributed by atoms with van der Waals surface area (Å²) in [6, 6.07) is 6.90. The molecular weight excluding hydrogens is 328 g/mol. The predicted octanol–water partition coefficient (Wildman–Crippen LogP) is 3.45. The molecule has 5 nitrogen and oxygen atoms in total. The molecule has 1 aliphatic carbocycles. The molecule has 134 valence electrons. The fourth-order valence-corrected chi connectivity index (χ4v) is 3.06. The summed E-state index contributed by atoms with van der Waals surface area (Å²) in [5.41, 5.74) is 2.85. The van der Waals surface area contributed by atoms with Crippen LogP contribution in [0, 0.1) is 11.8 Å². The van der Waals surface area contributed by atoms with Gasteiger partial charge in [0.1, 0.15) is 5.75 Å². The predicted molar refractivity (Wildman–Crippen MR) is 101 cm³/mol. The molecule has 1 aliphatic heterocycles. The van der Waals surface area contributed by atoms with Crippen molar-refractivity contribution in [3.8, 4) is 5.75 Å². The molecule has 0 aromatic heterocycles. The summed E-state index contributed by atoms with van der Waals surface area (Å²) >= 11 is 0. The lowest BCUT2D eigenvalue weighted by atomic mass is 9.82. The van der Waals surface area contributed by atoms with Crippen molar-refractivity contribution < 1.29 is 14.3 Å². The monoisotopic (exact) mass is 350 g/mol. The van der Waals surface area contributed by atoms with Crippen LogP contribution in [0.4, 0.5) is 0 Å². The van der Waals surface area contributed by atoms with Crippen LogP contribution >= 0.6 is 0 Å². The van der Waals surface area contributed by atoms with Crippen LogP contribution in [0.15, 0.2) is 64.8 Å². The molecule has 1 aromatic carbocycles. The van der Waals surface area contributed by atoms with Gasteiger partial charge in [-0.05, 0) is 54.8 Å². The Hall–Kier alpha value is -2.95. The van der Waals surface area contributed by atoms with Crippen molar-refractivity contribution in [3.63, 3.8) is 0 Å². The van der Waals surface area contributed by atoms with Gasteiger partial charge in [-0.25, -0.2) is 4.99 Å². The number of ether oxygens (including phenoxy) is 1. The molecular formula is C21H22N2O3. The van der Waals surface area contributed by atoms with Crippen LogP contribution in [0.5, 0.6) is 5.75 Å². The van der Waals surface area contributed by atoms with Gasteiger partial charge >= 0.3 is 0 Å². The summed E-state index contributed by atoms with van der Waals surface area (Å²) in [6.07, 6.45) is 7.23. The molecule has 0 bridgehead atoms. The van der Waals surface area contributed by atoms with Crippen molar-refractivity contribution in [1.82, 2.24) is 5.32 Å². The first-order chi connectivity index (χ1) is 12.5. The number of nitrogens with one attached hydrogen (secondary N) is 1. The maximum absolute atomic E-state index is 12.4. The van der Waals surface area contributed by atoms with Crippen molar-refractivity contribution in [2.45, 2.75) is 20.8 Å². The van der Waals surface area contributed by atoms with Crippen LogP contribution in [0.25, 0.3) is 0 Å². The zero-order valence-corrected chi connectivity index (χ0v) is 15.2. The lowest BCUT2D eigenvalue weighted by Crippen LogP contribution is -2.34. The number of fused-ring (bicyclic) bond motifs is 1. The number of aliphatic imine (C=N–C) groups is 1. The maximum atomic E-state index is 12.4. The Labute approximate surface area is 153 Å². The van der Waals surface area contributed by atoms with E-state index < -0.39 is 0 Å². The van der Waals surface area contributed by atoms with Crippen LogP contribution in [0.1, 0.15) is 31.1 Å². The van der Waals surface area contributed by atoms with Crippen molar-refractivity contribution in [2.24, 2.45) is 16.8 Å². The maximum Gasteiger partial charge on any atom is 0.277 e. The van der Waals surface area contributed by atoms with Crippen molar-refractivity contribution >= 4 is 17.5 Å². The number of carbonyl (C=O) groups excluding carboxylic acids is 2. The second kappa shape index (κ2) is 7.52. The lowest BCUT2D eigenvalue weighted by molar-refractivity contribution is -0.116. The van der Waals surface area contributed by atoms with E-state index in [-0.39, 0.29) is 23.7 Å². The topological polar surface area (TPSA) is 67.8 Å². The minimum absolute atomic E-state index is 0.0345. The number of hydrogen-bond donors (Lipinski definition) is 1. The molecule has 0 fully saturated rings. The second-order valence-electron chi connectivity index (χ2n) is 6.52. The van der Waals surface area contributed by atoms with E-state index in [0.29, 0.717) is 17.9 Å². The van der Waals surface area contributed by atoms with Gasteiger partial charge in [0.15, 0.2) is 0 Å². The lowest BCUT2D eigenvalue weighted by Gasteiger charge is -2.29. The summed E-state index contributed by atoms with van der Waals surface area (Å²) in [6.45, 7) is 6.61. The van der Waals surface area contributed by atoms with Crippen molar-refractivity contribution in [3.05, 3.63) is 65.4 Å². The van der Waals surface area contributed by atoms with Crippen LogP contribution in [0.2, 0.25) is 0 Å². The number of carbonyl (C=O) groups is 2. The molecule has 2 amide bonds. The Kier molecular flexibility index (Phi) is 5.16. The number of rotatable bonds is 4. The number of amides is 2. The molecule has 1 unspecified atom stereocenters. The largest absolute Gasteiger partial charge is 0.494 e. The van der Waals surface area contributed by atoms with Crippen LogP contribution in [-0.2, 0) is 4.79 Å². The van der Waals surface area contributed by atoms with Crippen LogP contribution in [0.3, 0.4) is 0 Å². The third-order valence-corrected chi connectivity index (χ3v) is 4.33. The summed E-state index contributed by atoms with van der Waals surface area (Å²) < 4.78 is 5.38. The zero-order valence-electron chi connectivity index (χ0n) is 15.2. The average Bonchev–Trinajstić information content (AvgIpc) is 2.61. The van der Waals surface area contributed by atoms with Gasteiger partial charge in [-0.1, -0.05) is 19.9 Å². The van der Waals surface area contributed by atoms with E-state index in [2.05, 4.69) is 24.2 Å². The Bertz CT molecular complexity index is 843. The van der Waals surface area contributed by atoms with Gasteiger partial charge in [-0.3, -0.25) is 9.59 Å². The Morgan fingerprint density at radius 3 is 2.62 bits per heavy atom. The Morgan fingerprint density at radius 2 is 1.96 bits per heavy atom. The van der Waals surface area contributed by atoms with Gasteiger partial charge in [-0.15, -0.1) is 0 Å². The Balaban J connectivity index is 1.81. The molecule has 26 heavy (non-hydrogen) atoms. The third kappa shape index (κ3) is 3.82. The number of benzene rings is 1. The number of allylic oxidation sites excluding steroid dienone is 3. The zero-order chi connectivity index (χ0) is 18.7. The molecule has 0 saturated heterocycles. The van der Waals surface area contributed by atoms with Crippen molar-refractivity contribution in [2.75, 3.05) is 6.61 Å².